The average molecular weight is 452 g/mol. The molecule has 0 radical (unpaired) electrons. The third-order valence-corrected chi connectivity index (χ3v) is 5.62. The lowest BCUT2D eigenvalue weighted by molar-refractivity contribution is -0.122. The molecule has 1 aliphatic heterocycles. The van der Waals surface area contributed by atoms with Crippen molar-refractivity contribution >= 4 is 17.4 Å². The van der Waals surface area contributed by atoms with Crippen molar-refractivity contribution in [2.24, 2.45) is 0 Å². The summed E-state index contributed by atoms with van der Waals surface area (Å²) in [6.45, 7) is 2.89. The smallest absolute Gasteiger partial charge is 0.267 e. The summed E-state index contributed by atoms with van der Waals surface area (Å²) in [6, 6.07) is 17.3. The Bertz CT molecular complexity index is 1160. The third-order valence-electron chi connectivity index (χ3n) is 5.62. The van der Waals surface area contributed by atoms with Gasteiger partial charge in [0.1, 0.15) is 23.9 Å². The number of rotatable bonds is 7. The van der Waals surface area contributed by atoms with E-state index in [9.17, 15) is 14.0 Å². The summed E-state index contributed by atoms with van der Waals surface area (Å²) in [5.74, 6) is 0.672. The number of hydrogen-bond donors (Lipinski definition) is 1. The topological polar surface area (TPSA) is 79.7 Å². The molecule has 4 rings (SSSR count). The Kier molecular flexibility index (Phi) is 6.87. The highest BCUT2D eigenvalue weighted by Crippen LogP contribution is 2.21. The van der Waals surface area contributed by atoms with Crippen LogP contribution >= 0.6 is 0 Å². The van der Waals surface area contributed by atoms with Gasteiger partial charge in [0.25, 0.3) is 5.56 Å². The van der Waals surface area contributed by atoms with Crippen LogP contribution in [-0.4, -0.2) is 49.0 Å². The van der Waals surface area contributed by atoms with Crippen LogP contribution in [0.3, 0.4) is 0 Å². The van der Waals surface area contributed by atoms with Crippen LogP contribution in [0.2, 0.25) is 0 Å². The number of nitrogens with one attached hydrogen (secondary N) is 1. The maximum Gasteiger partial charge on any atom is 0.267 e. The van der Waals surface area contributed by atoms with Crippen LogP contribution in [0, 0.1) is 5.82 Å². The van der Waals surface area contributed by atoms with E-state index in [4.69, 9.17) is 4.74 Å². The fourth-order valence-electron chi connectivity index (χ4n) is 3.73. The van der Waals surface area contributed by atoms with E-state index in [2.05, 4.69) is 20.2 Å². The largest absolute Gasteiger partial charge is 0.497 e. The monoisotopic (exact) mass is 451 g/mol. The van der Waals surface area contributed by atoms with Crippen LogP contribution in [0.15, 0.2) is 65.5 Å². The number of nitrogens with zero attached hydrogens (tertiary/aromatic N) is 4. The first-order valence-electron chi connectivity index (χ1n) is 10.8. The molecule has 1 saturated heterocycles. The second kappa shape index (κ2) is 10.2. The number of benzene rings is 2. The number of ether oxygens (including phenoxy) is 1. The molecule has 0 unspecified atom stereocenters. The maximum atomic E-state index is 13.7. The van der Waals surface area contributed by atoms with E-state index >= 15 is 0 Å². The maximum absolute atomic E-state index is 13.7. The van der Waals surface area contributed by atoms with Gasteiger partial charge in [0.15, 0.2) is 0 Å². The fraction of sp³-hybridized carbons (Fsp3) is 0.292. The van der Waals surface area contributed by atoms with Crippen molar-refractivity contribution < 1.29 is 13.9 Å². The zero-order valence-corrected chi connectivity index (χ0v) is 18.4. The summed E-state index contributed by atoms with van der Waals surface area (Å²) in [5.41, 5.74) is 1.14. The number of methoxy groups -OCH3 is 1. The van der Waals surface area contributed by atoms with E-state index in [1.54, 1.807) is 31.4 Å². The van der Waals surface area contributed by atoms with Gasteiger partial charge < -0.3 is 19.9 Å². The minimum Gasteiger partial charge on any atom is -0.497 e. The first kappa shape index (κ1) is 22.3. The zero-order chi connectivity index (χ0) is 23.2. The van der Waals surface area contributed by atoms with Crippen LogP contribution in [0.5, 0.6) is 5.75 Å². The molecule has 1 N–H and O–H groups in total. The number of anilines is 2. The van der Waals surface area contributed by atoms with Crippen molar-refractivity contribution in [2.75, 3.05) is 43.1 Å². The van der Waals surface area contributed by atoms with E-state index < -0.39 is 5.91 Å². The number of amides is 1. The summed E-state index contributed by atoms with van der Waals surface area (Å²) in [7, 11) is 1.65. The van der Waals surface area contributed by atoms with Crippen LogP contribution in [-0.2, 0) is 17.9 Å². The molecule has 2 aromatic carbocycles. The van der Waals surface area contributed by atoms with Gasteiger partial charge in [-0.3, -0.25) is 9.59 Å². The molecule has 1 fully saturated rings. The summed E-state index contributed by atoms with van der Waals surface area (Å²) in [4.78, 5) is 28.9. The van der Waals surface area contributed by atoms with Crippen molar-refractivity contribution in [1.29, 1.82) is 0 Å². The Morgan fingerprint density at radius 3 is 2.39 bits per heavy atom. The van der Waals surface area contributed by atoms with Gasteiger partial charge in [-0.1, -0.05) is 18.2 Å². The van der Waals surface area contributed by atoms with Gasteiger partial charge in [-0.25, -0.2) is 9.07 Å². The van der Waals surface area contributed by atoms with E-state index in [1.807, 2.05) is 24.3 Å². The van der Waals surface area contributed by atoms with E-state index in [1.165, 1.54) is 12.1 Å². The number of carbonyl (C=O) groups excluding carboxylic acids is 1. The van der Waals surface area contributed by atoms with Gasteiger partial charge in [0, 0.05) is 50.0 Å². The van der Waals surface area contributed by atoms with Crippen LogP contribution in [0.1, 0.15) is 5.56 Å². The average Bonchev–Trinajstić information content (AvgIpc) is 2.85. The molecule has 0 saturated carbocycles. The van der Waals surface area contributed by atoms with Crippen molar-refractivity contribution in [3.8, 4) is 5.75 Å². The lowest BCUT2D eigenvalue weighted by atomic mass is 10.2. The highest BCUT2D eigenvalue weighted by atomic mass is 19.1. The predicted octanol–water partition coefficient (Wildman–Crippen LogP) is 2.03. The minimum absolute atomic E-state index is 0.0489. The first-order chi connectivity index (χ1) is 16.0. The van der Waals surface area contributed by atoms with Crippen molar-refractivity contribution in [3.63, 3.8) is 0 Å². The van der Waals surface area contributed by atoms with E-state index in [-0.39, 0.29) is 24.5 Å². The molecule has 33 heavy (non-hydrogen) atoms. The molecule has 8 nitrogen and oxygen atoms in total. The van der Waals surface area contributed by atoms with E-state index in [0.717, 1.165) is 42.3 Å². The molecule has 0 atom stereocenters. The number of carbonyl (C=O) groups is 1. The quantitative estimate of drug-likeness (QED) is 0.592. The van der Waals surface area contributed by atoms with Gasteiger partial charge >= 0.3 is 0 Å². The second-order valence-electron chi connectivity index (χ2n) is 7.73. The highest BCUT2D eigenvalue weighted by molar-refractivity contribution is 5.75. The number of piperazine rings is 1. The van der Waals surface area contributed by atoms with Gasteiger partial charge in [0.2, 0.25) is 5.91 Å². The molecule has 0 bridgehead atoms. The minimum atomic E-state index is -0.408. The van der Waals surface area contributed by atoms with Gasteiger partial charge in [-0.05, 0) is 36.4 Å². The van der Waals surface area contributed by atoms with Crippen LogP contribution in [0.25, 0.3) is 0 Å². The molecule has 0 aliphatic carbocycles. The lowest BCUT2D eigenvalue weighted by Crippen LogP contribution is -2.47. The summed E-state index contributed by atoms with van der Waals surface area (Å²) in [5, 5.41) is 7.03. The molecule has 1 aromatic heterocycles. The summed E-state index contributed by atoms with van der Waals surface area (Å²) in [6.07, 6.45) is 0. The summed E-state index contributed by atoms with van der Waals surface area (Å²) < 4.78 is 20.1. The lowest BCUT2D eigenvalue weighted by Gasteiger charge is -2.36. The highest BCUT2D eigenvalue weighted by Gasteiger charge is 2.19. The molecule has 9 heteroatoms. The third kappa shape index (κ3) is 5.49. The zero-order valence-electron chi connectivity index (χ0n) is 18.4. The van der Waals surface area contributed by atoms with Crippen molar-refractivity contribution in [1.82, 2.24) is 15.1 Å². The first-order valence-corrected chi connectivity index (χ1v) is 10.8. The molecular formula is C24H26FN5O3. The second-order valence-corrected chi connectivity index (χ2v) is 7.73. The Labute approximate surface area is 191 Å². The number of halogens is 1. The molecule has 2 heterocycles. The normalized spacial score (nSPS) is 13.6. The molecular weight excluding hydrogens is 425 g/mol. The fourth-order valence-corrected chi connectivity index (χ4v) is 3.73. The van der Waals surface area contributed by atoms with Crippen LogP contribution < -0.4 is 25.4 Å². The van der Waals surface area contributed by atoms with E-state index in [0.29, 0.717) is 11.4 Å². The Balaban J connectivity index is 1.35. The standard InChI is InChI=1S/C24H26FN5O3/c1-33-20-8-6-19(7-9-20)28-12-14-29(15-13-28)22-10-11-24(32)30(27-22)17-23(31)26-16-18-4-2-3-5-21(18)25/h2-11H,12-17H2,1H3,(H,26,31). The predicted molar refractivity (Wildman–Crippen MR) is 124 cm³/mol. The Morgan fingerprint density at radius 2 is 1.70 bits per heavy atom. The summed E-state index contributed by atoms with van der Waals surface area (Å²) >= 11 is 0. The molecule has 1 amide bonds. The van der Waals surface area contributed by atoms with Crippen molar-refractivity contribution in [3.05, 3.63) is 82.4 Å². The molecule has 0 spiro atoms. The van der Waals surface area contributed by atoms with Crippen LogP contribution in [0.4, 0.5) is 15.9 Å². The number of hydrogen-bond acceptors (Lipinski definition) is 6. The van der Waals surface area contributed by atoms with Gasteiger partial charge in [-0.15, -0.1) is 0 Å². The molecule has 1 aliphatic rings. The Hall–Kier alpha value is -3.88. The van der Waals surface area contributed by atoms with Gasteiger partial charge in [0.05, 0.1) is 7.11 Å². The Morgan fingerprint density at radius 1 is 1.00 bits per heavy atom. The van der Waals surface area contributed by atoms with Gasteiger partial charge in [-0.2, -0.15) is 5.10 Å². The number of aromatic nitrogens is 2. The SMILES string of the molecule is COc1ccc(N2CCN(c3ccc(=O)n(CC(=O)NCc4ccccc4F)n3)CC2)cc1. The molecule has 3 aromatic rings. The molecule has 172 valence electrons. The van der Waals surface area contributed by atoms with Crippen molar-refractivity contribution in [2.45, 2.75) is 13.1 Å².